The lowest BCUT2D eigenvalue weighted by Crippen LogP contribution is -2.15. The van der Waals surface area contributed by atoms with Crippen LogP contribution in [0.5, 0.6) is 0 Å². The molecule has 0 saturated heterocycles. The molecule has 0 aliphatic rings. The van der Waals surface area contributed by atoms with E-state index in [0.717, 1.165) is 15.7 Å². The van der Waals surface area contributed by atoms with Crippen molar-refractivity contribution in [1.82, 2.24) is 4.98 Å². The number of hydrogen-bond donors (Lipinski definition) is 0. The highest BCUT2D eigenvalue weighted by atomic mass is 79.9. The lowest BCUT2D eigenvalue weighted by atomic mass is 10.1. The number of ether oxygens (including phenoxy) is 1. The van der Waals surface area contributed by atoms with Crippen molar-refractivity contribution in [2.45, 2.75) is 6.92 Å². The van der Waals surface area contributed by atoms with E-state index in [0.29, 0.717) is 16.5 Å². The molecule has 0 fully saturated rings. The van der Waals surface area contributed by atoms with E-state index < -0.39 is 5.97 Å². The third-order valence-electron chi connectivity index (χ3n) is 3.56. The number of aromatic nitrogens is 1. The van der Waals surface area contributed by atoms with Crippen LogP contribution in [0, 0.1) is 6.92 Å². The number of pyridine rings is 1. The largest absolute Gasteiger partial charge is 0.454 e. The monoisotopic (exact) mass is 383 g/mol. The highest BCUT2D eigenvalue weighted by Gasteiger charge is 2.15. The molecule has 3 aromatic rings. The van der Waals surface area contributed by atoms with E-state index >= 15 is 0 Å². The normalized spacial score (nSPS) is 10.6. The van der Waals surface area contributed by atoms with Gasteiger partial charge in [0.2, 0.25) is 0 Å². The highest BCUT2D eigenvalue weighted by Crippen LogP contribution is 2.19. The minimum Gasteiger partial charge on any atom is -0.454 e. The van der Waals surface area contributed by atoms with Gasteiger partial charge in [0.15, 0.2) is 12.4 Å². The fraction of sp³-hybridized carbons (Fsp3) is 0.105. The number of carbonyl (C=O) groups excluding carboxylic acids is 2. The second kappa shape index (κ2) is 6.93. The van der Waals surface area contributed by atoms with Gasteiger partial charge in [-0.1, -0.05) is 46.3 Å². The van der Waals surface area contributed by atoms with Crippen LogP contribution >= 0.6 is 15.9 Å². The quantitative estimate of drug-likeness (QED) is 0.496. The standard InChI is InChI=1S/C19H14BrNO3/c1-12-10-16(15-4-2-3-5-17(15)21-12)19(23)24-11-18(22)13-6-8-14(20)9-7-13/h2-10H,11H2,1H3. The number of rotatable bonds is 4. The number of fused-ring (bicyclic) bond motifs is 1. The summed E-state index contributed by atoms with van der Waals surface area (Å²) in [4.78, 5) is 28.9. The van der Waals surface area contributed by atoms with Crippen molar-refractivity contribution in [1.29, 1.82) is 0 Å². The van der Waals surface area contributed by atoms with Gasteiger partial charge < -0.3 is 4.74 Å². The molecule has 0 radical (unpaired) electrons. The van der Waals surface area contributed by atoms with Crippen LogP contribution < -0.4 is 0 Å². The Kier molecular flexibility index (Phi) is 4.71. The number of nitrogens with zero attached hydrogens (tertiary/aromatic N) is 1. The fourth-order valence-electron chi connectivity index (χ4n) is 2.40. The second-order valence-corrected chi connectivity index (χ2v) is 6.25. The van der Waals surface area contributed by atoms with Gasteiger partial charge in [-0.25, -0.2) is 4.79 Å². The van der Waals surface area contributed by atoms with Crippen LogP contribution in [0.15, 0.2) is 59.1 Å². The maximum Gasteiger partial charge on any atom is 0.339 e. The third-order valence-corrected chi connectivity index (χ3v) is 4.09. The zero-order valence-electron chi connectivity index (χ0n) is 13.0. The summed E-state index contributed by atoms with van der Waals surface area (Å²) in [5.41, 5.74) is 2.37. The van der Waals surface area contributed by atoms with E-state index in [1.165, 1.54) is 0 Å². The maximum absolute atomic E-state index is 12.4. The van der Waals surface area contributed by atoms with Crippen molar-refractivity contribution in [3.05, 3.63) is 75.9 Å². The zero-order chi connectivity index (χ0) is 17.1. The molecule has 0 aliphatic heterocycles. The minimum atomic E-state index is -0.526. The SMILES string of the molecule is Cc1cc(C(=O)OCC(=O)c2ccc(Br)cc2)c2ccccc2n1. The number of benzene rings is 2. The molecule has 24 heavy (non-hydrogen) atoms. The first-order valence-electron chi connectivity index (χ1n) is 7.37. The summed E-state index contributed by atoms with van der Waals surface area (Å²) in [5.74, 6) is -0.770. The minimum absolute atomic E-state index is 0.245. The summed E-state index contributed by atoms with van der Waals surface area (Å²) >= 11 is 3.31. The summed E-state index contributed by atoms with van der Waals surface area (Å²) < 4.78 is 6.09. The predicted octanol–water partition coefficient (Wildman–Crippen LogP) is 4.35. The Morgan fingerprint density at radius 1 is 1.08 bits per heavy atom. The number of aryl methyl sites for hydroxylation is 1. The maximum atomic E-state index is 12.4. The predicted molar refractivity (Wildman–Crippen MR) is 95.2 cm³/mol. The van der Waals surface area contributed by atoms with Crippen molar-refractivity contribution in [2.75, 3.05) is 6.61 Å². The molecule has 0 saturated carbocycles. The van der Waals surface area contributed by atoms with E-state index in [1.54, 1.807) is 30.3 Å². The summed E-state index contributed by atoms with van der Waals surface area (Å²) in [5, 5.41) is 0.712. The molecule has 0 N–H and O–H groups in total. The third kappa shape index (κ3) is 3.51. The number of halogens is 1. The molecular formula is C19H14BrNO3. The van der Waals surface area contributed by atoms with Crippen LogP contribution in [0.3, 0.4) is 0 Å². The van der Waals surface area contributed by atoms with E-state index in [-0.39, 0.29) is 12.4 Å². The van der Waals surface area contributed by atoms with Gasteiger partial charge in [0.25, 0.3) is 0 Å². The molecule has 0 spiro atoms. The Bertz CT molecular complexity index is 920. The van der Waals surface area contributed by atoms with Gasteiger partial charge >= 0.3 is 5.97 Å². The highest BCUT2D eigenvalue weighted by molar-refractivity contribution is 9.10. The van der Waals surface area contributed by atoms with Crippen molar-refractivity contribution in [3.63, 3.8) is 0 Å². The number of esters is 1. The Balaban J connectivity index is 1.78. The molecule has 0 amide bonds. The van der Waals surface area contributed by atoms with Gasteiger partial charge in [0.1, 0.15) is 0 Å². The smallest absolute Gasteiger partial charge is 0.339 e. The number of carbonyl (C=O) groups is 2. The van der Waals surface area contributed by atoms with Crippen molar-refractivity contribution < 1.29 is 14.3 Å². The molecule has 2 aromatic carbocycles. The number of hydrogen-bond acceptors (Lipinski definition) is 4. The molecule has 0 aliphatic carbocycles. The average molecular weight is 384 g/mol. The first-order valence-corrected chi connectivity index (χ1v) is 8.16. The Hall–Kier alpha value is -2.53. The van der Waals surface area contributed by atoms with E-state index in [9.17, 15) is 9.59 Å². The Morgan fingerprint density at radius 3 is 2.54 bits per heavy atom. The summed E-state index contributed by atoms with van der Waals surface area (Å²) in [6.45, 7) is 1.52. The Morgan fingerprint density at radius 2 is 1.79 bits per heavy atom. The molecule has 4 nitrogen and oxygen atoms in total. The molecule has 0 bridgehead atoms. The number of ketones is 1. The average Bonchev–Trinajstić information content (AvgIpc) is 2.59. The van der Waals surface area contributed by atoms with Gasteiger partial charge in [0, 0.05) is 21.1 Å². The van der Waals surface area contributed by atoms with Crippen LogP contribution in [-0.2, 0) is 4.74 Å². The topological polar surface area (TPSA) is 56.3 Å². The van der Waals surface area contributed by atoms with Gasteiger partial charge in [-0.2, -0.15) is 0 Å². The number of Topliss-reactive ketones (excluding diaryl/α,β-unsaturated/α-hetero) is 1. The lowest BCUT2D eigenvalue weighted by molar-refractivity contribution is 0.0476. The zero-order valence-corrected chi connectivity index (χ0v) is 14.5. The summed E-state index contributed by atoms with van der Waals surface area (Å²) in [7, 11) is 0. The number of para-hydroxylation sites is 1. The van der Waals surface area contributed by atoms with Gasteiger partial charge in [-0.15, -0.1) is 0 Å². The van der Waals surface area contributed by atoms with Crippen LogP contribution in [-0.4, -0.2) is 23.3 Å². The fourth-order valence-corrected chi connectivity index (χ4v) is 2.67. The lowest BCUT2D eigenvalue weighted by Gasteiger charge is -2.08. The van der Waals surface area contributed by atoms with E-state index in [4.69, 9.17) is 4.74 Å². The van der Waals surface area contributed by atoms with Crippen LogP contribution in [0.2, 0.25) is 0 Å². The van der Waals surface area contributed by atoms with Crippen molar-refractivity contribution in [3.8, 4) is 0 Å². The molecule has 120 valence electrons. The van der Waals surface area contributed by atoms with Gasteiger partial charge in [-0.3, -0.25) is 9.78 Å². The molecule has 1 heterocycles. The molecular weight excluding hydrogens is 370 g/mol. The van der Waals surface area contributed by atoms with Crippen LogP contribution in [0.1, 0.15) is 26.4 Å². The first kappa shape index (κ1) is 16.3. The molecule has 0 atom stereocenters. The summed E-state index contributed by atoms with van der Waals surface area (Å²) in [6, 6.07) is 15.9. The molecule has 3 rings (SSSR count). The summed E-state index contributed by atoms with van der Waals surface area (Å²) in [6.07, 6.45) is 0. The van der Waals surface area contributed by atoms with Gasteiger partial charge in [0.05, 0.1) is 11.1 Å². The second-order valence-electron chi connectivity index (χ2n) is 5.33. The van der Waals surface area contributed by atoms with Crippen LogP contribution in [0.4, 0.5) is 0 Å². The van der Waals surface area contributed by atoms with Crippen molar-refractivity contribution in [2.24, 2.45) is 0 Å². The van der Waals surface area contributed by atoms with E-state index in [1.807, 2.05) is 31.2 Å². The van der Waals surface area contributed by atoms with Gasteiger partial charge in [-0.05, 0) is 31.2 Å². The molecule has 1 aromatic heterocycles. The molecule has 0 unspecified atom stereocenters. The first-order chi connectivity index (χ1) is 11.5. The van der Waals surface area contributed by atoms with Crippen LogP contribution in [0.25, 0.3) is 10.9 Å². The van der Waals surface area contributed by atoms with E-state index in [2.05, 4.69) is 20.9 Å². The Labute approximate surface area is 147 Å². The molecule has 5 heteroatoms. The van der Waals surface area contributed by atoms with Crippen molar-refractivity contribution >= 4 is 38.6 Å².